The third-order valence-corrected chi connectivity index (χ3v) is 5.05. The van der Waals surface area contributed by atoms with E-state index in [0.717, 1.165) is 55.2 Å². The van der Waals surface area contributed by atoms with E-state index in [1.807, 2.05) is 26.0 Å². The highest BCUT2D eigenvalue weighted by Gasteiger charge is 2.26. The molecule has 2 aliphatic rings. The predicted molar refractivity (Wildman–Crippen MR) is 101 cm³/mol. The maximum Gasteiger partial charge on any atom is 0.319 e. The summed E-state index contributed by atoms with van der Waals surface area (Å²) in [7, 11) is 0. The second-order valence-electron chi connectivity index (χ2n) is 6.97. The number of urea groups is 1. The number of rotatable bonds is 4. The Hall–Kier alpha value is -2.69. The van der Waals surface area contributed by atoms with Crippen molar-refractivity contribution in [3.05, 3.63) is 52.1 Å². The molecule has 0 radical (unpaired) electrons. The summed E-state index contributed by atoms with van der Waals surface area (Å²) in [5, 5.41) is 5.88. The quantitative estimate of drug-likeness (QED) is 0.885. The molecule has 0 saturated heterocycles. The zero-order valence-electron chi connectivity index (χ0n) is 15.3. The summed E-state index contributed by atoms with van der Waals surface area (Å²) in [4.78, 5) is 12.2. The number of carbonyl (C=O) groups is 1. The van der Waals surface area contributed by atoms with E-state index in [-0.39, 0.29) is 6.03 Å². The lowest BCUT2D eigenvalue weighted by Gasteiger charge is -2.14. The molecule has 136 valence electrons. The smallest absolute Gasteiger partial charge is 0.319 e. The molecule has 0 unspecified atom stereocenters. The maximum atomic E-state index is 12.2. The van der Waals surface area contributed by atoms with E-state index in [1.165, 1.54) is 22.3 Å². The number of ether oxygens (including phenoxy) is 2. The molecule has 2 N–H and O–H groups in total. The Kier molecular flexibility index (Phi) is 4.45. The highest BCUT2D eigenvalue weighted by Crippen LogP contribution is 2.40. The van der Waals surface area contributed by atoms with Crippen LogP contribution in [0.5, 0.6) is 11.5 Å². The highest BCUT2D eigenvalue weighted by molar-refractivity contribution is 5.90. The minimum absolute atomic E-state index is 0.182. The highest BCUT2D eigenvalue weighted by atomic mass is 16.5. The number of hydrogen-bond donors (Lipinski definition) is 2. The van der Waals surface area contributed by atoms with Gasteiger partial charge < -0.3 is 20.1 Å². The SMILES string of the molecule is Cc1ccc(NC(=O)NCCc2c3c(cc4c2OCC4)OCC3)c(C)c1. The first kappa shape index (κ1) is 16.8. The van der Waals surface area contributed by atoms with Crippen LogP contribution in [0.4, 0.5) is 10.5 Å². The van der Waals surface area contributed by atoms with Crippen molar-refractivity contribution in [3.63, 3.8) is 0 Å². The first-order valence-corrected chi connectivity index (χ1v) is 9.17. The Bertz CT molecular complexity index is 829. The second kappa shape index (κ2) is 6.90. The number of amides is 2. The van der Waals surface area contributed by atoms with E-state index in [0.29, 0.717) is 6.54 Å². The summed E-state index contributed by atoms with van der Waals surface area (Å²) in [5.41, 5.74) is 6.74. The number of carbonyl (C=O) groups excluding carboxylic acids is 1. The Balaban J connectivity index is 1.40. The topological polar surface area (TPSA) is 59.6 Å². The fourth-order valence-electron chi connectivity index (χ4n) is 3.77. The van der Waals surface area contributed by atoms with E-state index in [4.69, 9.17) is 9.47 Å². The summed E-state index contributed by atoms with van der Waals surface area (Å²) in [5.74, 6) is 2.00. The molecule has 0 atom stereocenters. The van der Waals surface area contributed by atoms with Crippen molar-refractivity contribution in [1.82, 2.24) is 5.32 Å². The van der Waals surface area contributed by atoms with Gasteiger partial charge in [-0.3, -0.25) is 0 Å². The van der Waals surface area contributed by atoms with Crippen molar-refractivity contribution in [2.75, 3.05) is 25.1 Å². The van der Waals surface area contributed by atoms with Crippen LogP contribution in [0.1, 0.15) is 27.8 Å². The van der Waals surface area contributed by atoms with Gasteiger partial charge >= 0.3 is 6.03 Å². The molecule has 5 heteroatoms. The number of fused-ring (bicyclic) bond motifs is 2. The van der Waals surface area contributed by atoms with Gasteiger partial charge in [-0.25, -0.2) is 4.79 Å². The molecular formula is C21H24N2O3. The van der Waals surface area contributed by atoms with Crippen molar-refractivity contribution in [2.24, 2.45) is 0 Å². The molecule has 2 amide bonds. The fourth-order valence-corrected chi connectivity index (χ4v) is 3.77. The normalized spacial score (nSPS) is 14.2. The van der Waals surface area contributed by atoms with E-state index in [2.05, 4.69) is 22.8 Å². The van der Waals surface area contributed by atoms with Gasteiger partial charge in [0.2, 0.25) is 0 Å². The average Bonchev–Trinajstić information content (AvgIpc) is 3.25. The van der Waals surface area contributed by atoms with Gasteiger partial charge in [-0.15, -0.1) is 0 Å². The Labute approximate surface area is 153 Å². The van der Waals surface area contributed by atoms with Crippen molar-refractivity contribution in [1.29, 1.82) is 0 Å². The van der Waals surface area contributed by atoms with Crippen LogP contribution in [0.2, 0.25) is 0 Å². The van der Waals surface area contributed by atoms with Crippen LogP contribution in [-0.4, -0.2) is 25.8 Å². The largest absolute Gasteiger partial charge is 0.493 e. The lowest BCUT2D eigenvalue weighted by molar-refractivity contribution is 0.252. The van der Waals surface area contributed by atoms with Crippen molar-refractivity contribution < 1.29 is 14.3 Å². The molecule has 0 aliphatic carbocycles. The summed E-state index contributed by atoms with van der Waals surface area (Å²) in [6, 6.07) is 7.93. The van der Waals surface area contributed by atoms with Gasteiger partial charge in [0.25, 0.3) is 0 Å². The summed E-state index contributed by atoms with van der Waals surface area (Å²) >= 11 is 0. The van der Waals surface area contributed by atoms with E-state index in [1.54, 1.807) is 0 Å². The van der Waals surface area contributed by atoms with Crippen molar-refractivity contribution in [3.8, 4) is 11.5 Å². The van der Waals surface area contributed by atoms with Gasteiger partial charge in [0.15, 0.2) is 0 Å². The molecule has 2 heterocycles. The van der Waals surface area contributed by atoms with Crippen LogP contribution in [0.15, 0.2) is 24.3 Å². The summed E-state index contributed by atoms with van der Waals surface area (Å²) < 4.78 is 11.6. The molecule has 0 saturated carbocycles. The van der Waals surface area contributed by atoms with Crippen LogP contribution in [0.25, 0.3) is 0 Å². The summed E-state index contributed by atoms with van der Waals surface area (Å²) in [6.45, 7) is 6.05. The average molecular weight is 352 g/mol. The molecule has 4 rings (SSSR count). The minimum Gasteiger partial charge on any atom is -0.493 e. The van der Waals surface area contributed by atoms with Gasteiger partial charge in [-0.2, -0.15) is 0 Å². The molecular weight excluding hydrogens is 328 g/mol. The molecule has 0 bridgehead atoms. The third-order valence-electron chi connectivity index (χ3n) is 5.05. The minimum atomic E-state index is -0.182. The number of aryl methyl sites for hydroxylation is 2. The Morgan fingerprint density at radius 2 is 1.96 bits per heavy atom. The van der Waals surface area contributed by atoms with Gasteiger partial charge in [-0.1, -0.05) is 17.7 Å². The molecule has 2 aromatic rings. The van der Waals surface area contributed by atoms with Gasteiger partial charge in [-0.05, 0) is 38.0 Å². The van der Waals surface area contributed by atoms with E-state index >= 15 is 0 Å². The van der Waals surface area contributed by atoms with Crippen LogP contribution in [0.3, 0.4) is 0 Å². The Morgan fingerprint density at radius 1 is 1.12 bits per heavy atom. The van der Waals surface area contributed by atoms with E-state index < -0.39 is 0 Å². The van der Waals surface area contributed by atoms with Crippen LogP contribution in [-0.2, 0) is 19.3 Å². The molecule has 0 aromatic heterocycles. The zero-order chi connectivity index (χ0) is 18.1. The van der Waals surface area contributed by atoms with Crippen molar-refractivity contribution >= 4 is 11.7 Å². The number of benzene rings is 2. The first-order valence-electron chi connectivity index (χ1n) is 9.17. The molecule has 26 heavy (non-hydrogen) atoms. The third kappa shape index (κ3) is 3.21. The number of hydrogen-bond acceptors (Lipinski definition) is 3. The van der Waals surface area contributed by atoms with Gasteiger partial charge in [0, 0.05) is 41.8 Å². The van der Waals surface area contributed by atoms with E-state index in [9.17, 15) is 4.79 Å². The molecule has 5 nitrogen and oxygen atoms in total. The van der Waals surface area contributed by atoms with Gasteiger partial charge in [0.1, 0.15) is 11.5 Å². The second-order valence-corrected chi connectivity index (χ2v) is 6.97. The lowest BCUT2D eigenvalue weighted by atomic mass is 9.97. The summed E-state index contributed by atoms with van der Waals surface area (Å²) in [6.07, 6.45) is 2.59. The lowest BCUT2D eigenvalue weighted by Crippen LogP contribution is -2.30. The van der Waals surface area contributed by atoms with Crippen LogP contribution >= 0.6 is 0 Å². The fraction of sp³-hybridized carbons (Fsp3) is 0.381. The van der Waals surface area contributed by atoms with Gasteiger partial charge in [0.05, 0.1) is 13.2 Å². The standard InChI is InChI=1S/C21H24N2O3/c1-13-3-4-18(14(2)11-13)23-21(24)22-8-5-17-16-7-10-25-19(16)12-15-6-9-26-20(15)17/h3-4,11-12H,5-10H2,1-2H3,(H2,22,23,24). The van der Waals surface area contributed by atoms with Crippen molar-refractivity contribution in [2.45, 2.75) is 33.1 Å². The van der Waals surface area contributed by atoms with Crippen LogP contribution < -0.4 is 20.1 Å². The monoisotopic (exact) mass is 352 g/mol. The number of nitrogens with one attached hydrogen (secondary N) is 2. The number of anilines is 1. The molecule has 0 spiro atoms. The van der Waals surface area contributed by atoms with Crippen LogP contribution in [0, 0.1) is 13.8 Å². The molecule has 2 aromatic carbocycles. The molecule has 0 fully saturated rings. The predicted octanol–water partition coefficient (Wildman–Crippen LogP) is 3.54. The maximum absolute atomic E-state index is 12.2. The zero-order valence-corrected chi connectivity index (χ0v) is 15.3. The Morgan fingerprint density at radius 3 is 2.81 bits per heavy atom. The molecule has 2 aliphatic heterocycles. The first-order chi connectivity index (χ1) is 12.6.